The molecule has 0 aliphatic heterocycles. The number of hydrogen-bond donors (Lipinski definition) is 0. The highest BCUT2D eigenvalue weighted by atomic mass is 35.5. The van der Waals surface area contributed by atoms with Crippen molar-refractivity contribution in [3.8, 4) is 0 Å². The lowest BCUT2D eigenvalue weighted by atomic mass is 10.1. The summed E-state index contributed by atoms with van der Waals surface area (Å²) in [5, 5.41) is 0.517. The molecule has 0 bridgehead atoms. The van der Waals surface area contributed by atoms with Gasteiger partial charge in [0.2, 0.25) is 0 Å². The number of benzene rings is 1. The van der Waals surface area contributed by atoms with E-state index in [1.165, 1.54) is 9.96 Å². The molecule has 5 heteroatoms. The van der Waals surface area contributed by atoms with Crippen molar-refractivity contribution in [1.29, 1.82) is 0 Å². The van der Waals surface area contributed by atoms with Crippen LogP contribution in [0.15, 0.2) is 53.5 Å². The largest absolute Gasteiger partial charge is 0.363 e. The second kappa shape index (κ2) is 6.65. The Morgan fingerprint density at radius 3 is 2.67 bits per heavy atom. The molecule has 1 aromatic carbocycles. The van der Waals surface area contributed by atoms with E-state index in [4.69, 9.17) is 11.6 Å². The minimum atomic E-state index is -0.119. The molecule has 3 aromatic rings. The van der Waals surface area contributed by atoms with Crippen LogP contribution < -0.4 is 10.5 Å². The Balaban J connectivity index is 2.02. The molecule has 0 radical (unpaired) electrons. The second-order valence-electron chi connectivity index (χ2n) is 6.17. The Hall–Kier alpha value is -2.33. The molecular formula is C19H20ClN3O. The van der Waals surface area contributed by atoms with Crippen LogP contribution in [0.4, 0.5) is 5.69 Å². The van der Waals surface area contributed by atoms with Crippen LogP contribution in [-0.4, -0.2) is 15.4 Å². The molecule has 2 aromatic heterocycles. The van der Waals surface area contributed by atoms with Gasteiger partial charge in [-0.3, -0.25) is 9.20 Å². The number of pyridine rings is 1. The average molecular weight is 342 g/mol. The van der Waals surface area contributed by atoms with Crippen LogP contribution in [-0.2, 0) is 6.54 Å². The molecule has 0 fully saturated rings. The molecule has 0 atom stereocenters. The first-order valence-electron chi connectivity index (χ1n) is 7.96. The molecule has 0 saturated heterocycles. The molecule has 24 heavy (non-hydrogen) atoms. The van der Waals surface area contributed by atoms with Crippen LogP contribution in [0.25, 0.3) is 5.65 Å². The minimum Gasteiger partial charge on any atom is -0.363 e. The van der Waals surface area contributed by atoms with Crippen molar-refractivity contribution in [2.75, 3.05) is 4.90 Å². The van der Waals surface area contributed by atoms with Gasteiger partial charge in [-0.1, -0.05) is 29.8 Å². The van der Waals surface area contributed by atoms with Crippen LogP contribution in [0.1, 0.15) is 25.1 Å². The van der Waals surface area contributed by atoms with Gasteiger partial charge in [-0.25, -0.2) is 4.98 Å². The van der Waals surface area contributed by atoms with Gasteiger partial charge in [-0.2, -0.15) is 0 Å². The first-order chi connectivity index (χ1) is 11.5. The van der Waals surface area contributed by atoms with Crippen LogP contribution in [0.5, 0.6) is 0 Å². The lowest BCUT2D eigenvalue weighted by Gasteiger charge is -2.30. The highest BCUT2D eigenvalue weighted by molar-refractivity contribution is 6.30. The maximum atomic E-state index is 12.4. The van der Waals surface area contributed by atoms with Gasteiger partial charge in [0.1, 0.15) is 5.65 Å². The Morgan fingerprint density at radius 1 is 1.21 bits per heavy atom. The maximum absolute atomic E-state index is 12.4. The van der Waals surface area contributed by atoms with E-state index in [0.29, 0.717) is 17.2 Å². The number of para-hydroxylation sites is 1. The summed E-state index contributed by atoms with van der Waals surface area (Å²) in [6.45, 7) is 6.95. The van der Waals surface area contributed by atoms with Crippen LogP contribution in [0, 0.1) is 6.92 Å². The maximum Gasteiger partial charge on any atom is 0.258 e. The summed E-state index contributed by atoms with van der Waals surface area (Å²) in [6, 6.07) is 13.6. The number of nitrogens with zero attached hydrogens (tertiary/aromatic N) is 3. The molecule has 0 spiro atoms. The number of aryl methyl sites for hydroxylation is 1. The van der Waals surface area contributed by atoms with Gasteiger partial charge in [-0.05, 0) is 44.5 Å². The SMILES string of the molecule is Cc1ccccc1N(Cc1cc(=O)n2cc(Cl)ccc2n1)C(C)C. The smallest absolute Gasteiger partial charge is 0.258 e. The highest BCUT2D eigenvalue weighted by Crippen LogP contribution is 2.23. The Morgan fingerprint density at radius 2 is 1.96 bits per heavy atom. The summed E-state index contributed by atoms with van der Waals surface area (Å²) < 4.78 is 1.47. The third-order valence-corrected chi connectivity index (χ3v) is 4.28. The summed E-state index contributed by atoms with van der Waals surface area (Å²) in [5.74, 6) is 0. The average Bonchev–Trinajstić information content (AvgIpc) is 2.54. The molecule has 0 aliphatic carbocycles. The summed E-state index contributed by atoms with van der Waals surface area (Å²) in [5.41, 5.74) is 3.60. The Labute approximate surface area is 146 Å². The molecule has 0 unspecified atom stereocenters. The monoisotopic (exact) mass is 341 g/mol. The van der Waals surface area contributed by atoms with Crippen molar-refractivity contribution < 1.29 is 0 Å². The van der Waals surface area contributed by atoms with Gasteiger partial charge in [0.05, 0.1) is 17.3 Å². The summed E-state index contributed by atoms with van der Waals surface area (Å²) >= 11 is 5.96. The fraction of sp³-hybridized carbons (Fsp3) is 0.263. The fourth-order valence-corrected chi connectivity index (χ4v) is 2.97. The van der Waals surface area contributed by atoms with Gasteiger partial charge in [0, 0.05) is 24.0 Å². The number of aromatic nitrogens is 2. The summed E-state index contributed by atoms with van der Waals surface area (Å²) in [7, 11) is 0. The predicted molar refractivity (Wildman–Crippen MR) is 99.0 cm³/mol. The van der Waals surface area contributed by atoms with Crippen LogP contribution in [0.3, 0.4) is 0 Å². The van der Waals surface area contributed by atoms with Gasteiger partial charge in [-0.15, -0.1) is 0 Å². The topological polar surface area (TPSA) is 37.6 Å². The zero-order valence-electron chi connectivity index (χ0n) is 14.0. The second-order valence-corrected chi connectivity index (χ2v) is 6.61. The van der Waals surface area contributed by atoms with E-state index in [9.17, 15) is 4.79 Å². The fourth-order valence-electron chi connectivity index (χ4n) is 2.81. The van der Waals surface area contributed by atoms with E-state index in [1.807, 2.05) is 12.1 Å². The van der Waals surface area contributed by atoms with E-state index in [1.54, 1.807) is 24.4 Å². The number of rotatable bonds is 4. The number of fused-ring (bicyclic) bond motifs is 1. The zero-order valence-corrected chi connectivity index (χ0v) is 14.8. The van der Waals surface area contributed by atoms with Crippen molar-refractivity contribution in [3.63, 3.8) is 0 Å². The first-order valence-corrected chi connectivity index (χ1v) is 8.33. The van der Waals surface area contributed by atoms with E-state index in [0.717, 1.165) is 11.4 Å². The molecular weight excluding hydrogens is 322 g/mol. The first kappa shape index (κ1) is 16.5. The molecule has 3 rings (SSSR count). The third-order valence-electron chi connectivity index (χ3n) is 4.06. The minimum absolute atomic E-state index is 0.119. The lowest BCUT2D eigenvalue weighted by Crippen LogP contribution is -2.32. The van der Waals surface area contributed by atoms with Crippen molar-refractivity contribution in [2.45, 2.75) is 33.4 Å². The van der Waals surface area contributed by atoms with Gasteiger partial charge < -0.3 is 4.90 Å². The number of anilines is 1. The van der Waals surface area contributed by atoms with Crippen molar-refractivity contribution in [1.82, 2.24) is 9.38 Å². The number of hydrogen-bond acceptors (Lipinski definition) is 3. The molecule has 0 aliphatic rings. The quantitative estimate of drug-likeness (QED) is 0.717. The van der Waals surface area contributed by atoms with Gasteiger partial charge in [0.25, 0.3) is 5.56 Å². The van der Waals surface area contributed by atoms with E-state index in [2.05, 4.69) is 42.8 Å². The van der Waals surface area contributed by atoms with E-state index >= 15 is 0 Å². The lowest BCUT2D eigenvalue weighted by molar-refractivity contribution is 0.671. The third kappa shape index (κ3) is 3.29. The predicted octanol–water partition coefficient (Wildman–Crippen LogP) is 4.07. The number of halogens is 1. The molecule has 0 N–H and O–H groups in total. The highest BCUT2D eigenvalue weighted by Gasteiger charge is 2.15. The van der Waals surface area contributed by atoms with E-state index in [-0.39, 0.29) is 11.6 Å². The van der Waals surface area contributed by atoms with Crippen molar-refractivity contribution in [3.05, 3.63) is 75.3 Å². The van der Waals surface area contributed by atoms with Crippen molar-refractivity contribution in [2.24, 2.45) is 0 Å². The Bertz CT molecular complexity index is 933. The molecule has 2 heterocycles. The molecule has 4 nitrogen and oxygen atoms in total. The Kier molecular flexibility index (Phi) is 4.58. The van der Waals surface area contributed by atoms with Gasteiger partial charge >= 0.3 is 0 Å². The van der Waals surface area contributed by atoms with Crippen LogP contribution >= 0.6 is 11.6 Å². The molecule has 124 valence electrons. The zero-order chi connectivity index (χ0) is 17.3. The van der Waals surface area contributed by atoms with Crippen LogP contribution in [0.2, 0.25) is 5.02 Å². The van der Waals surface area contributed by atoms with E-state index < -0.39 is 0 Å². The van der Waals surface area contributed by atoms with Gasteiger partial charge in [0.15, 0.2) is 0 Å². The standard InChI is InChI=1S/C19H20ClN3O/c1-13(2)22(17-7-5-4-6-14(17)3)12-16-10-19(24)23-11-15(20)8-9-18(23)21-16/h4-11,13H,12H2,1-3H3. The van der Waals surface area contributed by atoms with Crippen molar-refractivity contribution >= 4 is 22.9 Å². The normalized spacial score (nSPS) is 11.2. The molecule has 0 amide bonds. The molecule has 0 saturated carbocycles. The summed E-state index contributed by atoms with van der Waals surface area (Å²) in [4.78, 5) is 19.2. The summed E-state index contributed by atoms with van der Waals surface area (Å²) in [6.07, 6.45) is 1.59.